The van der Waals surface area contributed by atoms with Gasteiger partial charge in [0.05, 0.1) is 10.6 Å². The molecule has 8 nitrogen and oxygen atoms in total. The molecule has 0 bridgehead atoms. The third-order valence-corrected chi connectivity index (χ3v) is 5.53. The third-order valence-electron chi connectivity index (χ3n) is 3.69. The quantitative estimate of drug-likeness (QED) is 0.602. The van der Waals surface area contributed by atoms with Crippen LogP contribution in [0.1, 0.15) is 5.56 Å². The summed E-state index contributed by atoms with van der Waals surface area (Å²) in [4.78, 5) is 10.9. The lowest BCUT2D eigenvalue weighted by atomic mass is 10.1. The van der Waals surface area contributed by atoms with Crippen molar-refractivity contribution < 1.29 is 18.3 Å². The number of hydrogen-bond acceptors (Lipinski definition) is 6. The van der Waals surface area contributed by atoms with Crippen molar-refractivity contribution in [3.8, 4) is 17.1 Å². The summed E-state index contributed by atoms with van der Waals surface area (Å²) in [6, 6.07) is 13.6. The van der Waals surface area contributed by atoms with Gasteiger partial charge >= 0.3 is 5.97 Å². The summed E-state index contributed by atoms with van der Waals surface area (Å²) in [7, 11) is -3.81. The molecule has 0 aliphatic rings. The Bertz CT molecular complexity index is 1080. The van der Waals surface area contributed by atoms with E-state index in [1.165, 1.54) is 12.1 Å². The van der Waals surface area contributed by atoms with Crippen LogP contribution in [-0.2, 0) is 14.8 Å². The zero-order valence-electron chi connectivity index (χ0n) is 14.2. The first-order valence-electron chi connectivity index (χ1n) is 7.76. The van der Waals surface area contributed by atoms with Crippen LogP contribution < -0.4 is 5.14 Å². The van der Waals surface area contributed by atoms with Crippen molar-refractivity contribution in [3.63, 3.8) is 0 Å². The topological polar surface area (TPSA) is 128 Å². The fourth-order valence-electron chi connectivity index (χ4n) is 2.40. The highest BCUT2D eigenvalue weighted by molar-refractivity contribution is 7.99. The summed E-state index contributed by atoms with van der Waals surface area (Å²) in [6.07, 6.45) is 0. The summed E-state index contributed by atoms with van der Waals surface area (Å²) in [5.74, 6) is -0.636. The van der Waals surface area contributed by atoms with Gasteiger partial charge in [0.25, 0.3) is 0 Å². The molecular formula is C17H16N4O4S2. The molecule has 0 radical (unpaired) electrons. The predicted molar refractivity (Wildman–Crippen MR) is 101 cm³/mol. The summed E-state index contributed by atoms with van der Waals surface area (Å²) in [5.41, 5.74) is 2.48. The molecule has 0 amide bonds. The van der Waals surface area contributed by atoms with E-state index < -0.39 is 16.0 Å². The highest BCUT2D eigenvalue weighted by Gasteiger charge is 2.18. The van der Waals surface area contributed by atoms with Crippen LogP contribution in [0.25, 0.3) is 17.1 Å². The molecular weight excluding hydrogens is 388 g/mol. The summed E-state index contributed by atoms with van der Waals surface area (Å²) in [5, 5.41) is 22.8. The van der Waals surface area contributed by atoms with Crippen molar-refractivity contribution in [2.75, 3.05) is 5.75 Å². The predicted octanol–water partition coefficient (Wildman–Crippen LogP) is 2.07. The maximum Gasteiger partial charge on any atom is 0.313 e. The maximum atomic E-state index is 11.5. The molecule has 0 unspecified atom stereocenters. The fourth-order valence-corrected chi connectivity index (χ4v) is 3.58. The Morgan fingerprint density at radius 3 is 2.30 bits per heavy atom. The zero-order valence-corrected chi connectivity index (χ0v) is 15.9. The van der Waals surface area contributed by atoms with Crippen LogP contribution in [-0.4, -0.2) is 40.0 Å². The molecule has 27 heavy (non-hydrogen) atoms. The van der Waals surface area contributed by atoms with E-state index in [1.807, 2.05) is 31.2 Å². The van der Waals surface area contributed by atoms with Gasteiger partial charge in [0.15, 0.2) is 11.0 Å². The van der Waals surface area contributed by atoms with Gasteiger partial charge in [0.2, 0.25) is 10.0 Å². The standard InChI is InChI=1S/C17H16N4O4S2/c1-11-2-4-12(5-3-11)16-19-20-17(26-10-15(22)23)21(16)13-6-8-14(9-7-13)27(18,24)25/h2-9H,10H2,1H3,(H,22,23)(H2,18,24,25). The second kappa shape index (κ2) is 7.51. The third kappa shape index (κ3) is 4.35. The van der Waals surface area contributed by atoms with Gasteiger partial charge in [-0.3, -0.25) is 9.36 Å². The van der Waals surface area contributed by atoms with Crippen molar-refractivity contribution in [2.24, 2.45) is 5.14 Å². The number of carbonyl (C=O) groups is 1. The molecule has 3 N–H and O–H groups in total. The minimum atomic E-state index is -3.81. The van der Waals surface area contributed by atoms with Crippen LogP contribution in [0, 0.1) is 6.92 Å². The molecule has 10 heteroatoms. The first kappa shape index (κ1) is 19.1. The molecule has 140 valence electrons. The van der Waals surface area contributed by atoms with E-state index in [2.05, 4.69) is 10.2 Å². The number of primary sulfonamides is 1. The number of benzene rings is 2. The maximum absolute atomic E-state index is 11.5. The lowest BCUT2D eigenvalue weighted by molar-refractivity contribution is -0.133. The van der Waals surface area contributed by atoms with Crippen LogP contribution >= 0.6 is 11.8 Å². The number of hydrogen-bond donors (Lipinski definition) is 2. The van der Waals surface area contributed by atoms with Crippen LogP contribution in [0.3, 0.4) is 0 Å². The van der Waals surface area contributed by atoms with Crippen LogP contribution in [0.5, 0.6) is 0 Å². The second-order valence-electron chi connectivity index (χ2n) is 5.73. The van der Waals surface area contributed by atoms with Crippen molar-refractivity contribution in [1.29, 1.82) is 0 Å². The van der Waals surface area contributed by atoms with E-state index in [-0.39, 0.29) is 10.6 Å². The smallest absolute Gasteiger partial charge is 0.313 e. The minimum absolute atomic E-state index is 0.0176. The number of aliphatic carboxylic acids is 1. The van der Waals surface area contributed by atoms with E-state index in [1.54, 1.807) is 16.7 Å². The zero-order chi connectivity index (χ0) is 19.6. The SMILES string of the molecule is Cc1ccc(-c2nnc(SCC(=O)O)n2-c2ccc(S(N)(=O)=O)cc2)cc1. The first-order chi connectivity index (χ1) is 12.8. The van der Waals surface area contributed by atoms with Crippen molar-refractivity contribution in [1.82, 2.24) is 14.8 Å². The van der Waals surface area contributed by atoms with Crippen molar-refractivity contribution in [2.45, 2.75) is 17.0 Å². The monoisotopic (exact) mass is 404 g/mol. The number of aromatic nitrogens is 3. The summed E-state index contributed by atoms with van der Waals surface area (Å²) in [6.45, 7) is 1.97. The number of nitrogens with two attached hydrogens (primary N) is 1. The lowest BCUT2D eigenvalue weighted by Crippen LogP contribution is -2.12. The normalized spacial score (nSPS) is 11.5. The van der Waals surface area contributed by atoms with Gasteiger partial charge in [0, 0.05) is 11.3 Å². The second-order valence-corrected chi connectivity index (χ2v) is 8.23. The van der Waals surface area contributed by atoms with E-state index in [0.29, 0.717) is 16.7 Å². The van der Waals surface area contributed by atoms with Crippen LogP contribution in [0.4, 0.5) is 0 Å². The van der Waals surface area contributed by atoms with Crippen molar-refractivity contribution in [3.05, 3.63) is 54.1 Å². The Hall–Kier alpha value is -2.69. The van der Waals surface area contributed by atoms with Gasteiger partial charge in [0.1, 0.15) is 0 Å². The Morgan fingerprint density at radius 2 is 1.74 bits per heavy atom. The molecule has 0 atom stereocenters. The molecule has 1 heterocycles. The molecule has 0 aliphatic heterocycles. The van der Waals surface area contributed by atoms with Gasteiger partial charge in [-0.25, -0.2) is 13.6 Å². The average molecular weight is 404 g/mol. The lowest BCUT2D eigenvalue weighted by Gasteiger charge is -2.11. The Morgan fingerprint density at radius 1 is 1.11 bits per heavy atom. The number of sulfonamides is 1. The molecule has 2 aromatic carbocycles. The van der Waals surface area contributed by atoms with Gasteiger partial charge in [-0.2, -0.15) is 0 Å². The van der Waals surface area contributed by atoms with Crippen LogP contribution in [0.2, 0.25) is 0 Å². The average Bonchev–Trinajstić information content (AvgIpc) is 3.04. The summed E-state index contributed by atoms with van der Waals surface area (Å²) >= 11 is 1.03. The molecule has 0 spiro atoms. The molecule has 0 saturated heterocycles. The first-order valence-corrected chi connectivity index (χ1v) is 10.3. The Kier molecular flexibility index (Phi) is 5.31. The highest BCUT2D eigenvalue weighted by Crippen LogP contribution is 2.28. The molecule has 1 aromatic heterocycles. The van der Waals surface area contributed by atoms with Crippen LogP contribution in [0.15, 0.2) is 58.6 Å². The Balaban J connectivity index is 2.11. The Labute approximate surface area is 160 Å². The molecule has 3 aromatic rings. The number of aryl methyl sites for hydroxylation is 1. The van der Waals surface area contributed by atoms with Gasteiger partial charge in [-0.1, -0.05) is 41.6 Å². The number of rotatable bonds is 6. The molecule has 3 rings (SSSR count). The molecule has 0 aliphatic carbocycles. The highest BCUT2D eigenvalue weighted by atomic mass is 32.2. The van der Waals surface area contributed by atoms with Crippen molar-refractivity contribution >= 4 is 27.8 Å². The van der Waals surface area contributed by atoms with E-state index in [9.17, 15) is 13.2 Å². The van der Waals surface area contributed by atoms with E-state index >= 15 is 0 Å². The molecule has 0 fully saturated rings. The molecule has 0 saturated carbocycles. The largest absolute Gasteiger partial charge is 0.481 e. The number of carboxylic acids is 1. The van der Waals surface area contributed by atoms with E-state index in [0.717, 1.165) is 22.9 Å². The fraction of sp³-hybridized carbons (Fsp3) is 0.118. The number of nitrogens with zero attached hydrogens (tertiary/aromatic N) is 3. The van der Waals surface area contributed by atoms with E-state index in [4.69, 9.17) is 10.2 Å². The summed E-state index contributed by atoms with van der Waals surface area (Å²) < 4.78 is 24.6. The number of thioether (sulfide) groups is 1. The number of carboxylic acid groups (broad SMARTS) is 1. The van der Waals surface area contributed by atoms with Gasteiger partial charge < -0.3 is 5.11 Å². The minimum Gasteiger partial charge on any atom is -0.481 e. The van der Waals surface area contributed by atoms with Gasteiger partial charge in [-0.15, -0.1) is 10.2 Å². The van der Waals surface area contributed by atoms with Gasteiger partial charge in [-0.05, 0) is 31.2 Å².